The van der Waals surface area contributed by atoms with E-state index in [0.717, 1.165) is 5.39 Å². The lowest BCUT2D eigenvalue weighted by Crippen LogP contribution is -2.41. The Morgan fingerprint density at radius 1 is 1.58 bits per heavy atom. The fourth-order valence-electron chi connectivity index (χ4n) is 1.70. The Labute approximate surface area is 114 Å². The fourth-order valence-corrected chi connectivity index (χ4v) is 2.64. The van der Waals surface area contributed by atoms with Crippen molar-refractivity contribution in [2.75, 3.05) is 12.3 Å². The highest BCUT2D eigenvalue weighted by molar-refractivity contribution is 7.21. The molecule has 1 amide bonds. The molecule has 0 saturated carbocycles. The van der Waals surface area contributed by atoms with E-state index in [2.05, 4.69) is 15.5 Å². The molecule has 1 atom stereocenters. The van der Waals surface area contributed by atoms with Crippen LogP contribution in [0.15, 0.2) is 12.3 Å². The summed E-state index contributed by atoms with van der Waals surface area (Å²) in [5.74, 6) is -0.141. The van der Waals surface area contributed by atoms with Crippen LogP contribution in [-0.2, 0) is 0 Å². The second-order valence-electron chi connectivity index (χ2n) is 4.60. The van der Waals surface area contributed by atoms with Crippen LogP contribution in [0.4, 0.5) is 5.69 Å². The number of aliphatic hydroxyl groups is 1. The minimum absolute atomic E-state index is 0.103. The molecule has 7 heteroatoms. The number of thiophene rings is 1. The minimum atomic E-state index is -0.289. The zero-order valence-corrected chi connectivity index (χ0v) is 11.6. The van der Waals surface area contributed by atoms with Gasteiger partial charge in [-0.25, -0.2) is 0 Å². The highest BCUT2D eigenvalue weighted by Gasteiger charge is 2.21. The number of carbonyl (C=O) groups excluding carboxylic acids is 1. The highest BCUT2D eigenvalue weighted by atomic mass is 32.1. The van der Waals surface area contributed by atoms with Crippen LogP contribution in [0.2, 0.25) is 0 Å². The average Bonchev–Trinajstić information content (AvgIpc) is 2.73. The lowest BCUT2D eigenvalue weighted by atomic mass is 10.1. The SMILES string of the molecule is CC(C)C(CO)NC(=O)c1sc2nnccc2c1N. The van der Waals surface area contributed by atoms with Gasteiger partial charge in [0.15, 0.2) is 0 Å². The third-order valence-electron chi connectivity index (χ3n) is 2.94. The Morgan fingerprint density at radius 3 is 2.89 bits per heavy atom. The summed E-state index contributed by atoms with van der Waals surface area (Å²) in [7, 11) is 0. The van der Waals surface area contributed by atoms with E-state index in [4.69, 9.17) is 5.73 Å². The summed E-state index contributed by atoms with van der Waals surface area (Å²) in [5.41, 5.74) is 6.36. The zero-order chi connectivity index (χ0) is 14.0. The summed E-state index contributed by atoms with van der Waals surface area (Å²) in [4.78, 5) is 13.2. The first kappa shape index (κ1) is 13.7. The number of anilines is 1. The van der Waals surface area contributed by atoms with Gasteiger partial charge in [-0.3, -0.25) is 4.79 Å². The van der Waals surface area contributed by atoms with Gasteiger partial charge in [0.25, 0.3) is 5.91 Å². The second kappa shape index (κ2) is 5.50. The van der Waals surface area contributed by atoms with Gasteiger partial charge in [0.1, 0.15) is 9.71 Å². The molecular weight excluding hydrogens is 264 g/mol. The molecule has 1 unspecified atom stereocenters. The number of nitrogens with one attached hydrogen (secondary N) is 1. The largest absolute Gasteiger partial charge is 0.397 e. The Hall–Kier alpha value is -1.73. The van der Waals surface area contributed by atoms with Crippen molar-refractivity contribution >= 4 is 33.1 Å². The third kappa shape index (κ3) is 2.66. The number of amides is 1. The van der Waals surface area contributed by atoms with E-state index in [9.17, 15) is 9.90 Å². The Bertz CT molecular complexity index is 596. The van der Waals surface area contributed by atoms with Crippen LogP contribution in [-0.4, -0.2) is 33.9 Å². The third-order valence-corrected chi connectivity index (χ3v) is 4.05. The van der Waals surface area contributed by atoms with Crippen LogP contribution < -0.4 is 11.1 Å². The Morgan fingerprint density at radius 2 is 2.32 bits per heavy atom. The molecule has 19 heavy (non-hydrogen) atoms. The van der Waals surface area contributed by atoms with Gasteiger partial charge in [0.05, 0.1) is 24.5 Å². The van der Waals surface area contributed by atoms with Gasteiger partial charge in [0.2, 0.25) is 0 Å². The molecule has 0 fully saturated rings. The molecule has 102 valence electrons. The first-order chi connectivity index (χ1) is 9.04. The lowest BCUT2D eigenvalue weighted by molar-refractivity contribution is 0.0902. The predicted molar refractivity (Wildman–Crippen MR) is 75.0 cm³/mol. The van der Waals surface area contributed by atoms with E-state index < -0.39 is 0 Å². The molecule has 2 aromatic heterocycles. The Balaban J connectivity index is 2.29. The molecule has 0 aliphatic heterocycles. The van der Waals surface area contributed by atoms with Crippen molar-refractivity contribution < 1.29 is 9.90 Å². The number of rotatable bonds is 4. The van der Waals surface area contributed by atoms with Gasteiger partial charge in [-0.15, -0.1) is 16.4 Å². The summed E-state index contributed by atoms with van der Waals surface area (Å²) in [6.45, 7) is 3.76. The summed E-state index contributed by atoms with van der Waals surface area (Å²) in [6, 6.07) is 1.44. The van der Waals surface area contributed by atoms with Crippen LogP contribution in [0.25, 0.3) is 10.2 Å². The first-order valence-corrected chi connectivity index (χ1v) is 6.77. The number of hydrogen-bond donors (Lipinski definition) is 3. The maximum atomic E-state index is 12.2. The van der Waals surface area contributed by atoms with Crippen LogP contribution >= 0.6 is 11.3 Å². The molecule has 2 aromatic rings. The molecule has 2 rings (SSSR count). The number of nitrogen functional groups attached to an aromatic ring is 1. The number of hydrogen-bond acceptors (Lipinski definition) is 6. The summed E-state index contributed by atoms with van der Waals surface area (Å²) in [6.07, 6.45) is 1.54. The van der Waals surface area contributed by atoms with Gasteiger partial charge in [-0.2, -0.15) is 5.10 Å². The van der Waals surface area contributed by atoms with Crippen molar-refractivity contribution in [3.05, 3.63) is 17.1 Å². The number of aromatic nitrogens is 2. The van der Waals surface area contributed by atoms with Gasteiger partial charge in [0, 0.05) is 5.39 Å². The quantitative estimate of drug-likeness (QED) is 0.776. The van der Waals surface area contributed by atoms with Gasteiger partial charge < -0.3 is 16.2 Å². The van der Waals surface area contributed by atoms with E-state index in [1.807, 2.05) is 13.8 Å². The van der Waals surface area contributed by atoms with E-state index in [-0.39, 0.29) is 24.5 Å². The normalized spacial score (nSPS) is 12.8. The predicted octanol–water partition coefficient (Wildman–Crippen LogP) is 1.02. The fraction of sp³-hybridized carbons (Fsp3) is 0.417. The molecule has 0 aliphatic carbocycles. The van der Waals surface area contributed by atoms with Gasteiger partial charge >= 0.3 is 0 Å². The van der Waals surface area contributed by atoms with Crippen LogP contribution in [0.3, 0.4) is 0 Å². The molecule has 4 N–H and O–H groups in total. The minimum Gasteiger partial charge on any atom is -0.397 e. The van der Waals surface area contributed by atoms with E-state index in [1.54, 1.807) is 6.07 Å². The maximum Gasteiger partial charge on any atom is 0.263 e. The average molecular weight is 280 g/mol. The molecule has 6 nitrogen and oxygen atoms in total. The smallest absolute Gasteiger partial charge is 0.263 e. The topological polar surface area (TPSA) is 101 Å². The monoisotopic (exact) mass is 280 g/mol. The number of nitrogens with zero attached hydrogens (tertiary/aromatic N) is 2. The number of fused-ring (bicyclic) bond motifs is 1. The van der Waals surface area contributed by atoms with Crippen molar-refractivity contribution in [2.24, 2.45) is 5.92 Å². The van der Waals surface area contributed by atoms with Crippen molar-refractivity contribution in [1.82, 2.24) is 15.5 Å². The van der Waals surface area contributed by atoms with Crippen molar-refractivity contribution in [3.63, 3.8) is 0 Å². The molecule has 0 spiro atoms. The summed E-state index contributed by atoms with van der Waals surface area (Å²) >= 11 is 1.20. The van der Waals surface area contributed by atoms with Crippen LogP contribution in [0.1, 0.15) is 23.5 Å². The summed E-state index contributed by atoms with van der Waals surface area (Å²) in [5, 5.41) is 20.4. The molecule has 0 bridgehead atoms. The van der Waals surface area contributed by atoms with Crippen LogP contribution in [0, 0.1) is 5.92 Å². The zero-order valence-electron chi connectivity index (χ0n) is 10.8. The first-order valence-electron chi connectivity index (χ1n) is 5.96. The van der Waals surface area contributed by atoms with Crippen LogP contribution in [0.5, 0.6) is 0 Å². The Kier molecular flexibility index (Phi) is 3.96. The van der Waals surface area contributed by atoms with E-state index >= 15 is 0 Å². The summed E-state index contributed by atoms with van der Waals surface area (Å²) < 4.78 is 0. The lowest BCUT2D eigenvalue weighted by Gasteiger charge is -2.19. The van der Waals surface area contributed by atoms with E-state index in [0.29, 0.717) is 15.4 Å². The van der Waals surface area contributed by atoms with Gasteiger partial charge in [-0.1, -0.05) is 13.8 Å². The molecule has 0 aromatic carbocycles. The number of aliphatic hydroxyl groups excluding tert-OH is 1. The number of carbonyl (C=O) groups is 1. The molecule has 0 aliphatic rings. The van der Waals surface area contributed by atoms with E-state index in [1.165, 1.54) is 17.5 Å². The van der Waals surface area contributed by atoms with Gasteiger partial charge in [-0.05, 0) is 12.0 Å². The molecule has 0 saturated heterocycles. The molecule has 0 radical (unpaired) electrons. The molecule has 2 heterocycles. The standard InChI is InChI=1S/C12H16N4O2S/c1-6(2)8(5-17)15-11(18)10-9(13)7-3-4-14-16-12(7)19-10/h3-4,6,8,17H,5,13H2,1-2H3,(H,15,18). The second-order valence-corrected chi connectivity index (χ2v) is 5.60. The van der Waals surface area contributed by atoms with Crippen molar-refractivity contribution in [1.29, 1.82) is 0 Å². The highest BCUT2D eigenvalue weighted by Crippen LogP contribution is 2.31. The molecular formula is C12H16N4O2S. The van der Waals surface area contributed by atoms with Crippen molar-refractivity contribution in [3.8, 4) is 0 Å². The maximum absolute atomic E-state index is 12.2. The van der Waals surface area contributed by atoms with Crippen molar-refractivity contribution in [2.45, 2.75) is 19.9 Å². The number of nitrogens with two attached hydrogens (primary N) is 1.